The van der Waals surface area contributed by atoms with E-state index in [4.69, 9.17) is 5.11 Å². The van der Waals surface area contributed by atoms with Gasteiger partial charge in [0.2, 0.25) is 0 Å². The van der Waals surface area contributed by atoms with Gasteiger partial charge in [-0.1, -0.05) is 24.3 Å². The molecule has 110 valence electrons. The van der Waals surface area contributed by atoms with E-state index in [1.54, 1.807) is 12.1 Å². The number of hydrogen-bond donors (Lipinski definition) is 4. The molecule has 5 heteroatoms. The lowest BCUT2D eigenvalue weighted by Crippen LogP contribution is -2.26. The monoisotopic (exact) mass is 279 g/mol. The van der Waals surface area contributed by atoms with E-state index in [2.05, 4.69) is 5.32 Å². The zero-order valence-corrected chi connectivity index (χ0v) is 11.3. The number of rotatable bonds is 5. The summed E-state index contributed by atoms with van der Waals surface area (Å²) in [6.45, 7) is 2.04. The Kier molecular flexibility index (Phi) is 5.11. The summed E-state index contributed by atoms with van der Waals surface area (Å²) in [7, 11) is 0. The zero-order chi connectivity index (χ0) is 14.5. The first-order valence-corrected chi connectivity index (χ1v) is 6.96. The fourth-order valence-electron chi connectivity index (χ4n) is 2.63. The first-order valence-electron chi connectivity index (χ1n) is 6.96. The minimum atomic E-state index is -1.28. The molecule has 1 heterocycles. The van der Waals surface area contributed by atoms with Crippen LogP contribution in [-0.4, -0.2) is 40.5 Å². The van der Waals surface area contributed by atoms with Crippen molar-refractivity contribution in [1.82, 2.24) is 5.32 Å². The van der Waals surface area contributed by atoms with Crippen molar-refractivity contribution in [2.24, 2.45) is 0 Å². The Morgan fingerprint density at radius 2 is 1.80 bits per heavy atom. The smallest absolute Gasteiger partial charge is 0.306 e. The Morgan fingerprint density at radius 1 is 1.20 bits per heavy atom. The van der Waals surface area contributed by atoms with E-state index in [0.29, 0.717) is 11.5 Å². The Balaban J connectivity index is 2.01. The summed E-state index contributed by atoms with van der Waals surface area (Å²) in [4.78, 5) is 10.5. The maximum Gasteiger partial charge on any atom is 0.306 e. The molecule has 1 fully saturated rings. The second-order valence-electron chi connectivity index (χ2n) is 5.30. The highest BCUT2D eigenvalue weighted by Crippen LogP contribution is 2.27. The Morgan fingerprint density at radius 3 is 2.35 bits per heavy atom. The molecule has 20 heavy (non-hydrogen) atoms. The van der Waals surface area contributed by atoms with Crippen molar-refractivity contribution in [3.8, 4) is 0 Å². The Labute approximate surface area is 118 Å². The first-order chi connectivity index (χ1) is 9.58. The van der Waals surface area contributed by atoms with Gasteiger partial charge in [0, 0.05) is 0 Å². The van der Waals surface area contributed by atoms with Crippen molar-refractivity contribution in [2.75, 3.05) is 13.1 Å². The molecule has 0 aliphatic carbocycles. The van der Waals surface area contributed by atoms with E-state index in [1.165, 1.54) is 5.56 Å². The van der Waals surface area contributed by atoms with E-state index >= 15 is 0 Å². The normalized spacial score (nSPS) is 19.5. The molecule has 1 aromatic carbocycles. The molecule has 2 unspecified atom stereocenters. The highest BCUT2D eigenvalue weighted by Gasteiger charge is 2.22. The zero-order valence-electron chi connectivity index (χ0n) is 11.3. The number of carboxylic acid groups (broad SMARTS) is 1. The van der Waals surface area contributed by atoms with Crippen LogP contribution < -0.4 is 5.32 Å². The van der Waals surface area contributed by atoms with Crippen LogP contribution in [0.3, 0.4) is 0 Å². The predicted molar refractivity (Wildman–Crippen MR) is 74.5 cm³/mol. The highest BCUT2D eigenvalue weighted by atomic mass is 16.4. The average molecular weight is 279 g/mol. The number of benzene rings is 1. The molecule has 0 aromatic heterocycles. The summed E-state index contributed by atoms with van der Waals surface area (Å²) < 4.78 is 0. The molecule has 0 saturated carbocycles. The van der Waals surface area contributed by atoms with Crippen molar-refractivity contribution in [3.63, 3.8) is 0 Å². The summed E-state index contributed by atoms with van der Waals surface area (Å²) >= 11 is 0. The SMILES string of the molecule is O=C(O)CC(O)C(O)c1ccc(C2CCNCC2)cc1. The molecule has 0 radical (unpaired) electrons. The number of aliphatic hydroxyl groups excluding tert-OH is 2. The van der Waals surface area contributed by atoms with Crippen LogP contribution in [0.25, 0.3) is 0 Å². The molecule has 5 nitrogen and oxygen atoms in total. The standard InChI is InChI=1S/C15H21NO4/c17-13(9-14(18)19)15(20)12-3-1-10(2-4-12)11-5-7-16-8-6-11/h1-4,11,13,15-17,20H,5-9H2,(H,18,19). The number of piperidine rings is 1. The van der Waals surface area contributed by atoms with Gasteiger partial charge in [-0.3, -0.25) is 4.79 Å². The summed E-state index contributed by atoms with van der Waals surface area (Å²) in [6.07, 6.45) is -0.699. The van der Waals surface area contributed by atoms with Crippen LogP contribution in [0.15, 0.2) is 24.3 Å². The molecule has 4 N–H and O–H groups in total. The average Bonchev–Trinajstić information content (AvgIpc) is 2.47. The maximum atomic E-state index is 10.5. The molecule has 2 rings (SSSR count). The molecular formula is C15H21NO4. The van der Waals surface area contributed by atoms with E-state index in [9.17, 15) is 15.0 Å². The lowest BCUT2D eigenvalue weighted by Gasteiger charge is -2.23. The van der Waals surface area contributed by atoms with Gasteiger partial charge in [0.25, 0.3) is 0 Å². The second kappa shape index (κ2) is 6.83. The third-order valence-electron chi connectivity index (χ3n) is 3.84. The summed E-state index contributed by atoms with van der Waals surface area (Å²) in [5.41, 5.74) is 1.78. The van der Waals surface area contributed by atoms with Gasteiger partial charge in [0.15, 0.2) is 0 Å². The van der Waals surface area contributed by atoms with Gasteiger partial charge in [0.05, 0.1) is 12.5 Å². The van der Waals surface area contributed by atoms with Crippen molar-refractivity contribution in [3.05, 3.63) is 35.4 Å². The highest BCUT2D eigenvalue weighted by molar-refractivity contribution is 5.67. The number of carbonyl (C=O) groups is 1. The summed E-state index contributed by atoms with van der Waals surface area (Å²) in [5, 5.41) is 31.5. The van der Waals surface area contributed by atoms with Crippen LogP contribution in [0.5, 0.6) is 0 Å². The van der Waals surface area contributed by atoms with Crippen molar-refractivity contribution in [2.45, 2.75) is 37.4 Å². The first kappa shape index (κ1) is 15.0. The van der Waals surface area contributed by atoms with Gasteiger partial charge in [-0.25, -0.2) is 0 Å². The van der Waals surface area contributed by atoms with Crippen LogP contribution in [0.2, 0.25) is 0 Å². The molecule has 1 aromatic rings. The van der Waals surface area contributed by atoms with Crippen LogP contribution in [0.4, 0.5) is 0 Å². The van der Waals surface area contributed by atoms with E-state index in [-0.39, 0.29) is 0 Å². The number of carboxylic acids is 1. The van der Waals surface area contributed by atoms with Crippen molar-refractivity contribution in [1.29, 1.82) is 0 Å². The van der Waals surface area contributed by atoms with Crippen molar-refractivity contribution < 1.29 is 20.1 Å². The molecule has 0 bridgehead atoms. The molecular weight excluding hydrogens is 258 g/mol. The summed E-state index contributed by atoms with van der Waals surface area (Å²) in [6, 6.07) is 7.46. The van der Waals surface area contributed by atoms with E-state index < -0.39 is 24.6 Å². The largest absolute Gasteiger partial charge is 0.481 e. The van der Waals surface area contributed by atoms with Gasteiger partial charge in [0.1, 0.15) is 6.10 Å². The molecule has 1 aliphatic rings. The fourth-order valence-corrected chi connectivity index (χ4v) is 2.63. The van der Waals surface area contributed by atoms with E-state index in [1.807, 2.05) is 12.1 Å². The third kappa shape index (κ3) is 3.79. The molecule has 2 atom stereocenters. The number of aliphatic hydroxyl groups is 2. The Bertz CT molecular complexity index is 440. The Hall–Kier alpha value is -1.43. The number of nitrogens with one attached hydrogen (secondary N) is 1. The molecule has 1 aliphatic heterocycles. The van der Waals surface area contributed by atoms with Crippen molar-refractivity contribution >= 4 is 5.97 Å². The van der Waals surface area contributed by atoms with Crippen LogP contribution in [0, 0.1) is 0 Å². The number of aliphatic carboxylic acids is 1. The minimum Gasteiger partial charge on any atom is -0.481 e. The topological polar surface area (TPSA) is 89.8 Å². The van der Waals surface area contributed by atoms with Gasteiger partial charge < -0.3 is 20.6 Å². The minimum absolute atomic E-state index is 0.461. The molecule has 0 amide bonds. The molecule has 1 saturated heterocycles. The van der Waals surface area contributed by atoms with E-state index in [0.717, 1.165) is 25.9 Å². The van der Waals surface area contributed by atoms with Gasteiger partial charge in [-0.15, -0.1) is 0 Å². The fraction of sp³-hybridized carbons (Fsp3) is 0.533. The van der Waals surface area contributed by atoms with Gasteiger partial charge >= 0.3 is 5.97 Å². The number of hydrogen-bond acceptors (Lipinski definition) is 4. The second-order valence-corrected chi connectivity index (χ2v) is 5.30. The maximum absolute atomic E-state index is 10.5. The lowest BCUT2D eigenvalue weighted by molar-refractivity contribution is -0.141. The predicted octanol–water partition coefficient (Wildman–Crippen LogP) is 1.02. The quantitative estimate of drug-likeness (QED) is 0.646. The van der Waals surface area contributed by atoms with Gasteiger partial charge in [-0.05, 0) is 43.0 Å². The van der Waals surface area contributed by atoms with Gasteiger partial charge in [-0.2, -0.15) is 0 Å². The van der Waals surface area contributed by atoms with Crippen LogP contribution >= 0.6 is 0 Å². The molecule has 0 spiro atoms. The third-order valence-corrected chi connectivity index (χ3v) is 3.84. The van der Waals surface area contributed by atoms with Crippen LogP contribution in [0.1, 0.15) is 42.4 Å². The summed E-state index contributed by atoms with van der Waals surface area (Å²) in [5.74, 6) is -0.589. The lowest BCUT2D eigenvalue weighted by atomic mass is 9.89. The van der Waals surface area contributed by atoms with Crippen LogP contribution in [-0.2, 0) is 4.79 Å².